The third-order valence-corrected chi connectivity index (χ3v) is 3.16. The number of aryl methyl sites for hydroxylation is 1. The molecule has 0 bridgehead atoms. The second kappa shape index (κ2) is 6.79. The fourth-order valence-corrected chi connectivity index (χ4v) is 2.01. The Morgan fingerprint density at radius 3 is 1.81 bits per heavy atom. The van der Waals surface area contributed by atoms with Crippen LogP contribution < -0.4 is 18.8 Å². The Bertz CT molecular complexity index is 608. The molecule has 0 aliphatic carbocycles. The van der Waals surface area contributed by atoms with E-state index in [1.807, 2.05) is 48.3 Å². The van der Waals surface area contributed by atoms with E-state index < -0.39 is 0 Å². The molecule has 0 atom stereocenters. The van der Waals surface area contributed by atoms with E-state index in [9.17, 15) is 0 Å². The van der Waals surface area contributed by atoms with Crippen LogP contribution in [-0.4, -0.2) is 21.3 Å². The maximum absolute atomic E-state index is 5.34. The highest BCUT2D eigenvalue weighted by Gasteiger charge is 2.11. The molecule has 4 nitrogen and oxygen atoms in total. The zero-order chi connectivity index (χ0) is 15.2. The molecule has 0 unspecified atom stereocenters. The van der Waals surface area contributed by atoms with Crippen LogP contribution in [0.3, 0.4) is 0 Å². The monoisotopic (exact) mass is 286 g/mol. The SMILES string of the molecule is COc1cc(/C=C/c2cc[n+](C)cc2)cc(OC)c1OC. The summed E-state index contributed by atoms with van der Waals surface area (Å²) in [6, 6.07) is 7.94. The van der Waals surface area contributed by atoms with Crippen molar-refractivity contribution < 1.29 is 18.8 Å². The number of rotatable bonds is 5. The van der Waals surface area contributed by atoms with E-state index in [0.717, 1.165) is 11.1 Å². The predicted molar refractivity (Wildman–Crippen MR) is 82.6 cm³/mol. The first-order valence-corrected chi connectivity index (χ1v) is 6.61. The lowest BCUT2D eigenvalue weighted by Gasteiger charge is -2.12. The van der Waals surface area contributed by atoms with Gasteiger partial charge in [-0.25, -0.2) is 4.57 Å². The molecular weight excluding hydrogens is 266 g/mol. The first-order chi connectivity index (χ1) is 10.2. The summed E-state index contributed by atoms with van der Waals surface area (Å²) in [6.07, 6.45) is 8.07. The van der Waals surface area contributed by atoms with Gasteiger partial charge in [0.2, 0.25) is 5.75 Å². The summed E-state index contributed by atoms with van der Waals surface area (Å²) in [5, 5.41) is 0. The van der Waals surface area contributed by atoms with Crippen LogP contribution in [0.25, 0.3) is 12.2 Å². The number of pyridine rings is 1. The summed E-state index contributed by atoms with van der Waals surface area (Å²) in [5.74, 6) is 1.90. The van der Waals surface area contributed by atoms with Crippen LogP contribution in [0.2, 0.25) is 0 Å². The van der Waals surface area contributed by atoms with Crippen LogP contribution in [0.4, 0.5) is 0 Å². The Morgan fingerprint density at radius 1 is 0.810 bits per heavy atom. The van der Waals surface area contributed by atoms with Gasteiger partial charge in [-0.1, -0.05) is 12.2 Å². The van der Waals surface area contributed by atoms with Crippen LogP contribution in [0.5, 0.6) is 17.2 Å². The Morgan fingerprint density at radius 2 is 1.33 bits per heavy atom. The molecule has 1 aromatic carbocycles. The summed E-state index contributed by atoms with van der Waals surface area (Å²) >= 11 is 0. The lowest BCUT2D eigenvalue weighted by atomic mass is 10.1. The Kier molecular flexibility index (Phi) is 4.82. The molecule has 0 saturated heterocycles. The molecule has 0 saturated carbocycles. The van der Waals surface area contributed by atoms with Gasteiger partial charge in [-0.05, 0) is 23.3 Å². The second-order valence-corrected chi connectivity index (χ2v) is 4.59. The molecule has 0 aliphatic heterocycles. The van der Waals surface area contributed by atoms with Crippen molar-refractivity contribution in [1.29, 1.82) is 0 Å². The van der Waals surface area contributed by atoms with Crippen molar-refractivity contribution in [3.8, 4) is 17.2 Å². The van der Waals surface area contributed by atoms with E-state index in [4.69, 9.17) is 14.2 Å². The molecule has 0 aliphatic rings. The average Bonchev–Trinajstić information content (AvgIpc) is 2.53. The van der Waals surface area contributed by atoms with Crippen molar-refractivity contribution in [2.24, 2.45) is 7.05 Å². The lowest BCUT2D eigenvalue weighted by Crippen LogP contribution is -2.25. The molecule has 1 aromatic heterocycles. The number of nitrogens with zero attached hydrogens (tertiary/aromatic N) is 1. The predicted octanol–water partition coefficient (Wildman–Crippen LogP) is 2.71. The number of benzene rings is 1. The molecule has 2 aromatic rings. The summed E-state index contributed by atoms with van der Waals surface area (Å²) in [4.78, 5) is 0. The minimum atomic E-state index is 0.601. The number of hydrogen-bond acceptors (Lipinski definition) is 3. The molecule has 1 heterocycles. The Hall–Kier alpha value is -2.49. The van der Waals surface area contributed by atoms with Crippen molar-refractivity contribution in [3.05, 3.63) is 47.8 Å². The van der Waals surface area contributed by atoms with E-state index in [1.54, 1.807) is 21.3 Å². The summed E-state index contributed by atoms with van der Waals surface area (Å²) in [5.41, 5.74) is 2.11. The molecule has 2 rings (SSSR count). The molecule has 0 amide bonds. The van der Waals surface area contributed by atoms with Crippen molar-refractivity contribution in [2.75, 3.05) is 21.3 Å². The third-order valence-electron chi connectivity index (χ3n) is 3.16. The highest BCUT2D eigenvalue weighted by molar-refractivity contribution is 5.72. The highest BCUT2D eigenvalue weighted by atomic mass is 16.5. The van der Waals surface area contributed by atoms with Gasteiger partial charge in [-0.15, -0.1) is 0 Å². The largest absolute Gasteiger partial charge is 0.493 e. The molecule has 21 heavy (non-hydrogen) atoms. The van der Waals surface area contributed by atoms with Gasteiger partial charge >= 0.3 is 0 Å². The zero-order valence-electron chi connectivity index (χ0n) is 12.8. The van der Waals surface area contributed by atoms with Crippen molar-refractivity contribution in [1.82, 2.24) is 0 Å². The van der Waals surface area contributed by atoms with Crippen LogP contribution >= 0.6 is 0 Å². The van der Waals surface area contributed by atoms with Gasteiger partial charge in [0, 0.05) is 12.1 Å². The summed E-state index contributed by atoms with van der Waals surface area (Å²) in [7, 11) is 6.82. The Balaban J connectivity index is 2.33. The number of ether oxygens (including phenoxy) is 3. The average molecular weight is 286 g/mol. The summed E-state index contributed by atoms with van der Waals surface area (Å²) in [6.45, 7) is 0. The van der Waals surface area contributed by atoms with E-state index in [0.29, 0.717) is 17.2 Å². The number of aromatic nitrogens is 1. The third kappa shape index (κ3) is 3.54. The fourth-order valence-electron chi connectivity index (χ4n) is 2.01. The number of methoxy groups -OCH3 is 3. The van der Waals surface area contributed by atoms with Crippen LogP contribution in [0.1, 0.15) is 11.1 Å². The van der Waals surface area contributed by atoms with E-state index in [2.05, 4.69) is 12.1 Å². The van der Waals surface area contributed by atoms with E-state index in [1.165, 1.54) is 0 Å². The van der Waals surface area contributed by atoms with Crippen LogP contribution in [0.15, 0.2) is 36.7 Å². The molecule has 4 heteroatoms. The minimum absolute atomic E-state index is 0.601. The van der Waals surface area contributed by atoms with Crippen LogP contribution in [-0.2, 0) is 7.05 Å². The fraction of sp³-hybridized carbons (Fsp3) is 0.235. The smallest absolute Gasteiger partial charge is 0.203 e. The standard InChI is InChI=1S/C17H20NO3/c1-18-9-7-13(8-10-18)5-6-14-11-15(19-2)17(21-4)16(12-14)20-3/h5-12H,1-4H3/q+1/b6-5+. The molecule has 0 N–H and O–H groups in total. The van der Waals surface area contributed by atoms with Gasteiger partial charge in [0.25, 0.3) is 0 Å². The van der Waals surface area contributed by atoms with Gasteiger partial charge in [0.1, 0.15) is 7.05 Å². The molecule has 0 spiro atoms. The van der Waals surface area contributed by atoms with Crippen molar-refractivity contribution >= 4 is 12.2 Å². The summed E-state index contributed by atoms with van der Waals surface area (Å²) < 4.78 is 18.0. The molecule has 0 fully saturated rings. The second-order valence-electron chi connectivity index (χ2n) is 4.59. The molecule has 0 radical (unpaired) electrons. The quantitative estimate of drug-likeness (QED) is 0.792. The first-order valence-electron chi connectivity index (χ1n) is 6.61. The van der Waals surface area contributed by atoms with Gasteiger partial charge in [0.15, 0.2) is 23.9 Å². The van der Waals surface area contributed by atoms with Gasteiger partial charge < -0.3 is 14.2 Å². The molecular formula is C17H20NO3+. The number of hydrogen-bond donors (Lipinski definition) is 0. The zero-order valence-corrected chi connectivity index (χ0v) is 12.8. The minimum Gasteiger partial charge on any atom is -0.493 e. The maximum Gasteiger partial charge on any atom is 0.203 e. The maximum atomic E-state index is 5.34. The van der Waals surface area contributed by atoms with Crippen molar-refractivity contribution in [3.63, 3.8) is 0 Å². The first kappa shape index (κ1) is 14.9. The van der Waals surface area contributed by atoms with Gasteiger partial charge in [-0.3, -0.25) is 0 Å². The van der Waals surface area contributed by atoms with E-state index in [-0.39, 0.29) is 0 Å². The van der Waals surface area contributed by atoms with Crippen molar-refractivity contribution in [2.45, 2.75) is 0 Å². The highest BCUT2D eigenvalue weighted by Crippen LogP contribution is 2.38. The normalized spacial score (nSPS) is 10.7. The van der Waals surface area contributed by atoms with Gasteiger partial charge in [0.05, 0.1) is 21.3 Å². The Labute approximate surface area is 125 Å². The molecule has 110 valence electrons. The van der Waals surface area contributed by atoms with Crippen LogP contribution in [0, 0.1) is 0 Å². The topological polar surface area (TPSA) is 31.6 Å². The lowest BCUT2D eigenvalue weighted by molar-refractivity contribution is -0.671. The van der Waals surface area contributed by atoms with E-state index >= 15 is 0 Å². The van der Waals surface area contributed by atoms with Gasteiger partial charge in [-0.2, -0.15) is 0 Å².